The lowest BCUT2D eigenvalue weighted by atomic mass is 10.1. The van der Waals surface area contributed by atoms with Crippen molar-refractivity contribution >= 4 is 11.8 Å². The molecule has 0 unspecified atom stereocenters. The second-order valence-electron chi connectivity index (χ2n) is 6.74. The van der Waals surface area contributed by atoms with Gasteiger partial charge in [0.15, 0.2) is 11.6 Å². The Morgan fingerprint density at radius 2 is 1.47 bits per heavy atom. The Bertz CT molecular complexity index is 1260. The topological polar surface area (TPSA) is 102 Å². The first-order chi connectivity index (χ1) is 15.5. The van der Waals surface area contributed by atoms with Gasteiger partial charge >= 0.3 is 0 Å². The number of benzene rings is 3. The molecule has 2 amide bonds. The number of rotatable bonds is 5. The number of carbonyl (C=O) groups excluding carboxylic acids is 2. The van der Waals surface area contributed by atoms with Crippen molar-refractivity contribution < 1.29 is 18.4 Å². The highest BCUT2D eigenvalue weighted by atomic mass is 19.2. The standard InChI is InChI=1S/C22H16F2N6O2/c23-18-11-10-17(12-19(18)24)22(32)27-26-21(31)16-8-6-14(7-9-16)13-30-28-20(25-29-30)15-4-2-1-3-5-15/h1-12H,13H2,(H,26,31)(H,27,32). The van der Waals surface area contributed by atoms with Gasteiger partial charge in [-0.3, -0.25) is 20.4 Å². The molecule has 0 bridgehead atoms. The highest BCUT2D eigenvalue weighted by Crippen LogP contribution is 2.13. The lowest BCUT2D eigenvalue weighted by Crippen LogP contribution is -2.41. The third-order valence-electron chi connectivity index (χ3n) is 4.50. The first-order valence-electron chi connectivity index (χ1n) is 9.47. The summed E-state index contributed by atoms with van der Waals surface area (Å²) in [4.78, 5) is 25.6. The molecule has 4 aromatic rings. The molecule has 0 aliphatic heterocycles. The summed E-state index contributed by atoms with van der Waals surface area (Å²) in [6.07, 6.45) is 0. The molecule has 4 rings (SSSR count). The summed E-state index contributed by atoms with van der Waals surface area (Å²) in [5, 5.41) is 12.4. The van der Waals surface area contributed by atoms with E-state index in [9.17, 15) is 18.4 Å². The lowest BCUT2D eigenvalue weighted by Gasteiger charge is -2.08. The van der Waals surface area contributed by atoms with E-state index in [2.05, 4.69) is 26.3 Å². The number of hydrazine groups is 1. The van der Waals surface area contributed by atoms with Crippen LogP contribution in [0.1, 0.15) is 26.3 Å². The van der Waals surface area contributed by atoms with Crippen molar-refractivity contribution in [1.29, 1.82) is 0 Å². The largest absolute Gasteiger partial charge is 0.269 e. The second-order valence-corrected chi connectivity index (χ2v) is 6.74. The molecule has 8 nitrogen and oxygen atoms in total. The van der Waals surface area contributed by atoms with Crippen molar-refractivity contribution in [2.24, 2.45) is 0 Å². The summed E-state index contributed by atoms with van der Waals surface area (Å²) in [6, 6.07) is 18.7. The Hall–Kier alpha value is -4.47. The minimum Gasteiger partial charge on any atom is -0.267 e. The predicted octanol–water partition coefficient (Wildman–Crippen LogP) is 2.74. The fourth-order valence-corrected chi connectivity index (χ4v) is 2.83. The van der Waals surface area contributed by atoms with Gasteiger partial charge in [-0.15, -0.1) is 10.2 Å². The van der Waals surface area contributed by atoms with Gasteiger partial charge in [0, 0.05) is 16.7 Å². The maximum atomic E-state index is 13.2. The Balaban J connectivity index is 1.34. The van der Waals surface area contributed by atoms with Crippen molar-refractivity contribution in [1.82, 2.24) is 31.1 Å². The molecule has 1 heterocycles. The number of aromatic nitrogens is 4. The molecule has 32 heavy (non-hydrogen) atoms. The van der Waals surface area contributed by atoms with Gasteiger partial charge in [0.1, 0.15) is 0 Å². The summed E-state index contributed by atoms with van der Waals surface area (Å²) >= 11 is 0. The molecule has 0 atom stereocenters. The van der Waals surface area contributed by atoms with Crippen LogP contribution in [0.25, 0.3) is 11.4 Å². The third kappa shape index (κ3) is 4.81. The molecule has 0 aliphatic carbocycles. The molecule has 160 valence electrons. The number of carbonyl (C=O) groups is 2. The first kappa shape index (κ1) is 20.8. The van der Waals surface area contributed by atoms with E-state index in [0.717, 1.165) is 29.3 Å². The van der Waals surface area contributed by atoms with Gasteiger partial charge in [0.05, 0.1) is 6.54 Å². The van der Waals surface area contributed by atoms with Crippen LogP contribution in [0.5, 0.6) is 0 Å². The van der Waals surface area contributed by atoms with E-state index >= 15 is 0 Å². The van der Waals surface area contributed by atoms with Crippen LogP contribution in [0, 0.1) is 11.6 Å². The molecule has 0 aliphatic rings. The Labute approximate surface area is 180 Å². The van der Waals surface area contributed by atoms with E-state index in [4.69, 9.17) is 0 Å². The molecule has 3 aromatic carbocycles. The van der Waals surface area contributed by atoms with Crippen molar-refractivity contribution in [3.63, 3.8) is 0 Å². The monoisotopic (exact) mass is 434 g/mol. The normalized spacial score (nSPS) is 10.6. The van der Waals surface area contributed by atoms with E-state index in [1.165, 1.54) is 4.80 Å². The molecule has 0 spiro atoms. The third-order valence-corrected chi connectivity index (χ3v) is 4.50. The fraction of sp³-hybridized carbons (Fsp3) is 0.0455. The zero-order chi connectivity index (χ0) is 22.5. The van der Waals surface area contributed by atoms with E-state index in [-0.39, 0.29) is 11.1 Å². The van der Waals surface area contributed by atoms with Crippen molar-refractivity contribution in [3.05, 3.63) is 101 Å². The number of hydrogen-bond acceptors (Lipinski definition) is 5. The van der Waals surface area contributed by atoms with E-state index in [1.807, 2.05) is 30.3 Å². The minimum atomic E-state index is -1.16. The second kappa shape index (κ2) is 9.13. The molecule has 0 saturated heterocycles. The quantitative estimate of drug-likeness (QED) is 0.471. The molecule has 2 N–H and O–H groups in total. The van der Waals surface area contributed by atoms with Crippen LogP contribution in [0.3, 0.4) is 0 Å². The van der Waals surface area contributed by atoms with Gasteiger partial charge < -0.3 is 0 Å². The smallest absolute Gasteiger partial charge is 0.267 e. The van der Waals surface area contributed by atoms with Gasteiger partial charge in [0.2, 0.25) is 5.82 Å². The molecule has 0 radical (unpaired) electrons. The van der Waals surface area contributed by atoms with Crippen molar-refractivity contribution in [3.8, 4) is 11.4 Å². The highest BCUT2D eigenvalue weighted by molar-refractivity contribution is 5.99. The minimum absolute atomic E-state index is 0.130. The average Bonchev–Trinajstić information content (AvgIpc) is 3.28. The van der Waals surface area contributed by atoms with E-state index in [1.54, 1.807) is 24.3 Å². The number of nitrogens with one attached hydrogen (secondary N) is 2. The highest BCUT2D eigenvalue weighted by Gasteiger charge is 2.12. The maximum Gasteiger partial charge on any atom is 0.269 e. The van der Waals surface area contributed by atoms with Crippen molar-refractivity contribution in [2.45, 2.75) is 6.54 Å². The molecular weight excluding hydrogens is 418 g/mol. The van der Waals surface area contributed by atoms with E-state index < -0.39 is 23.4 Å². The van der Waals surface area contributed by atoms with Gasteiger partial charge in [-0.25, -0.2) is 8.78 Å². The van der Waals surface area contributed by atoms with Crippen LogP contribution < -0.4 is 10.9 Å². The van der Waals surface area contributed by atoms with Crippen LogP contribution >= 0.6 is 0 Å². The van der Waals surface area contributed by atoms with Crippen LogP contribution in [0.4, 0.5) is 8.78 Å². The molecule has 1 aromatic heterocycles. The zero-order valence-electron chi connectivity index (χ0n) is 16.5. The van der Waals surface area contributed by atoms with Crippen LogP contribution in [0.2, 0.25) is 0 Å². The number of hydrogen-bond donors (Lipinski definition) is 2. The number of halogens is 2. The van der Waals surface area contributed by atoms with Crippen molar-refractivity contribution in [2.75, 3.05) is 0 Å². The Kier molecular flexibility index (Phi) is 5.93. The van der Waals surface area contributed by atoms with Gasteiger partial charge in [-0.05, 0) is 41.1 Å². The number of amides is 2. The van der Waals surface area contributed by atoms with Gasteiger partial charge in [0.25, 0.3) is 11.8 Å². The van der Waals surface area contributed by atoms with Crippen LogP contribution in [-0.4, -0.2) is 32.0 Å². The molecular formula is C22H16F2N6O2. The van der Waals surface area contributed by atoms with Gasteiger partial charge in [-0.2, -0.15) is 4.80 Å². The zero-order valence-corrected chi connectivity index (χ0v) is 16.5. The van der Waals surface area contributed by atoms with Gasteiger partial charge in [-0.1, -0.05) is 42.5 Å². The number of nitrogens with zero attached hydrogens (tertiary/aromatic N) is 4. The summed E-state index contributed by atoms with van der Waals surface area (Å²) in [5.41, 5.74) is 6.24. The predicted molar refractivity (Wildman–Crippen MR) is 110 cm³/mol. The molecule has 0 saturated carbocycles. The van der Waals surface area contributed by atoms with Crippen LogP contribution in [-0.2, 0) is 6.54 Å². The summed E-state index contributed by atoms with van der Waals surface area (Å²) < 4.78 is 26.2. The summed E-state index contributed by atoms with van der Waals surface area (Å²) in [6.45, 7) is 0.356. The summed E-state index contributed by atoms with van der Waals surface area (Å²) in [5.74, 6) is -3.06. The van der Waals surface area contributed by atoms with Crippen LogP contribution in [0.15, 0.2) is 72.8 Å². The first-order valence-corrected chi connectivity index (χ1v) is 9.47. The molecule has 10 heteroatoms. The maximum absolute atomic E-state index is 13.2. The summed E-state index contributed by atoms with van der Waals surface area (Å²) in [7, 11) is 0. The Morgan fingerprint density at radius 3 is 2.16 bits per heavy atom. The average molecular weight is 434 g/mol. The lowest BCUT2D eigenvalue weighted by molar-refractivity contribution is 0.0846. The number of tetrazole rings is 1. The Morgan fingerprint density at radius 1 is 0.812 bits per heavy atom. The van der Waals surface area contributed by atoms with E-state index in [0.29, 0.717) is 12.4 Å². The fourth-order valence-electron chi connectivity index (χ4n) is 2.83. The molecule has 0 fully saturated rings. The SMILES string of the molecule is O=C(NNC(=O)c1ccc(F)c(F)c1)c1ccc(Cn2nnc(-c3ccccc3)n2)cc1.